The Morgan fingerprint density at radius 3 is 2.84 bits per heavy atom. The average Bonchev–Trinajstić information content (AvgIpc) is 3.23. The van der Waals surface area contributed by atoms with Gasteiger partial charge in [0.1, 0.15) is 17.0 Å². The van der Waals surface area contributed by atoms with Gasteiger partial charge in [0.15, 0.2) is 0 Å². The van der Waals surface area contributed by atoms with E-state index < -0.39 is 11.7 Å². The molecule has 2 N–H and O–H groups in total. The Bertz CT molecular complexity index is 1390. The molecule has 2 saturated heterocycles. The molecule has 7 nitrogen and oxygen atoms in total. The van der Waals surface area contributed by atoms with Crippen molar-refractivity contribution in [3.63, 3.8) is 0 Å². The number of anilines is 3. The molecule has 3 fully saturated rings. The summed E-state index contributed by atoms with van der Waals surface area (Å²) in [6.45, 7) is 4.57. The number of hydrogen-bond donors (Lipinski definition) is 2. The Kier molecular flexibility index (Phi) is 5.88. The van der Waals surface area contributed by atoms with Crippen LogP contribution in [0.4, 0.5) is 30.6 Å². The summed E-state index contributed by atoms with van der Waals surface area (Å²) >= 11 is 3.00. The lowest BCUT2D eigenvalue weighted by atomic mass is 10.2. The third-order valence-electron chi connectivity index (χ3n) is 7.75. The number of ether oxygens (including phenoxy) is 1. The molecular weight excluding hydrogens is 533 g/mol. The van der Waals surface area contributed by atoms with Crippen LogP contribution >= 0.6 is 23.1 Å². The van der Waals surface area contributed by atoms with E-state index in [1.807, 2.05) is 25.1 Å². The van der Waals surface area contributed by atoms with Crippen LogP contribution in [0.2, 0.25) is 0 Å². The van der Waals surface area contributed by atoms with Crippen LogP contribution in [0.25, 0.3) is 10.6 Å². The second-order valence-corrected chi connectivity index (χ2v) is 12.4. The molecule has 3 aliphatic heterocycles. The molecule has 0 amide bonds. The third kappa shape index (κ3) is 4.25. The van der Waals surface area contributed by atoms with Gasteiger partial charge >= 0.3 is 6.18 Å². The molecular formula is C26H27F3N6OS2. The minimum absolute atomic E-state index is 0.104. The summed E-state index contributed by atoms with van der Waals surface area (Å²) in [5.41, 5.74) is 0.259. The number of alkyl halides is 3. The number of nitrogens with zero attached hydrogens (tertiary/aromatic N) is 4. The van der Waals surface area contributed by atoms with E-state index in [1.165, 1.54) is 11.3 Å². The number of rotatable bonds is 5. The first-order valence-electron chi connectivity index (χ1n) is 13.0. The molecule has 38 heavy (non-hydrogen) atoms. The predicted molar refractivity (Wildman–Crippen MR) is 142 cm³/mol. The van der Waals surface area contributed by atoms with Crippen molar-refractivity contribution in [2.24, 2.45) is 0 Å². The van der Waals surface area contributed by atoms with Crippen LogP contribution in [-0.4, -0.2) is 52.5 Å². The van der Waals surface area contributed by atoms with Crippen LogP contribution in [0.15, 0.2) is 29.3 Å². The maximum Gasteiger partial charge on any atom is 0.420 e. The van der Waals surface area contributed by atoms with E-state index in [4.69, 9.17) is 9.72 Å². The van der Waals surface area contributed by atoms with E-state index in [0.29, 0.717) is 35.7 Å². The molecule has 3 aromatic rings. The molecule has 4 aliphatic rings. The smallest absolute Gasteiger partial charge is 0.369 e. The van der Waals surface area contributed by atoms with Crippen molar-refractivity contribution < 1.29 is 17.9 Å². The summed E-state index contributed by atoms with van der Waals surface area (Å²) in [5.74, 6) is 1.84. The van der Waals surface area contributed by atoms with Gasteiger partial charge in [0.05, 0.1) is 33.4 Å². The molecule has 2 atom stereocenters. The van der Waals surface area contributed by atoms with E-state index in [2.05, 4.69) is 25.5 Å². The van der Waals surface area contributed by atoms with Gasteiger partial charge in [-0.1, -0.05) is 6.92 Å². The highest BCUT2D eigenvalue weighted by molar-refractivity contribution is 7.99. The van der Waals surface area contributed by atoms with Gasteiger partial charge in [0.25, 0.3) is 0 Å². The van der Waals surface area contributed by atoms with Crippen LogP contribution in [0, 0.1) is 0 Å². The molecule has 1 saturated carbocycles. The number of halogens is 3. The molecule has 1 spiro atoms. The minimum atomic E-state index is -4.57. The van der Waals surface area contributed by atoms with E-state index in [0.717, 1.165) is 65.6 Å². The summed E-state index contributed by atoms with van der Waals surface area (Å²) in [7, 11) is 0. The minimum Gasteiger partial charge on any atom is -0.369 e. The topological polar surface area (TPSA) is 75.2 Å². The van der Waals surface area contributed by atoms with Crippen molar-refractivity contribution in [3.8, 4) is 10.6 Å². The lowest BCUT2D eigenvalue weighted by Crippen LogP contribution is -2.44. The molecule has 2 unspecified atom stereocenters. The zero-order valence-electron chi connectivity index (χ0n) is 20.8. The quantitative estimate of drug-likeness (QED) is 0.419. The fourth-order valence-corrected chi connectivity index (χ4v) is 8.23. The van der Waals surface area contributed by atoms with Gasteiger partial charge in [-0.25, -0.2) is 15.0 Å². The first-order chi connectivity index (χ1) is 18.3. The summed E-state index contributed by atoms with van der Waals surface area (Å²) < 4.78 is 48.2. The second-order valence-electron chi connectivity index (χ2n) is 10.2. The highest BCUT2D eigenvalue weighted by atomic mass is 32.2. The first-order valence-corrected chi connectivity index (χ1v) is 14.8. The standard InChI is InChI=1S/C26H27F3N6OS2/c1-2-17-18(3-4-21(32-17)35-13-14-9-15(35)11-30-14)33-24-31-12-16(26(27,28)29)22(34-24)19-10-20-23(38-19)25(5-6-25)36-7-8-37-20/h3-4,10,12,14-15,30H,2,5-9,11,13H2,1H3,(H,31,33,34). The van der Waals surface area contributed by atoms with Crippen molar-refractivity contribution in [1.82, 2.24) is 20.3 Å². The normalized spacial score (nSPS) is 23.5. The Morgan fingerprint density at radius 2 is 2.13 bits per heavy atom. The van der Waals surface area contributed by atoms with Gasteiger partial charge in [-0.15, -0.1) is 23.1 Å². The zero-order chi connectivity index (χ0) is 26.1. The molecule has 3 aromatic heterocycles. The highest BCUT2D eigenvalue weighted by Crippen LogP contribution is 2.57. The highest BCUT2D eigenvalue weighted by Gasteiger charge is 2.50. The Labute approximate surface area is 226 Å². The molecule has 12 heteroatoms. The van der Waals surface area contributed by atoms with Gasteiger partial charge in [-0.05, 0) is 43.9 Å². The van der Waals surface area contributed by atoms with Gasteiger partial charge in [0.2, 0.25) is 5.95 Å². The lowest BCUT2D eigenvalue weighted by molar-refractivity contribution is -0.137. The molecule has 1 aliphatic carbocycles. The van der Waals surface area contributed by atoms with Crippen molar-refractivity contribution in [2.45, 2.75) is 61.4 Å². The molecule has 2 bridgehead atoms. The predicted octanol–water partition coefficient (Wildman–Crippen LogP) is 5.59. The third-order valence-corrected chi connectivity index (χ3v) is 10.2. The summed E-state index contributed by atoms with van der Waals surface area (Å²) in [6, 6.07) is 6.70. The van der Waals surface area contributed by atoms with Gasteiger partial charge < -0.3 is 20.3 Å². The lowest BCUT2D eigenvalue weighted by Gasteiger charge is -2.29. The summed E-state index contributed by atoms with van der Waals surface area (Å²) in [6.07, 6.45) is -0.0852. The van der Waals surface area contributed by atoms with E-state index in [-0.39, 0.29) is 17.2 Å². The van der Waals surface area contributed by atoms with E-state index >= 15 is 0 Å². The maximum absolute atomic E-state index is 14.0. The van der Waals surface area contributed by atoms with Crippen molar-refractivity contribution in [1.29, 1.82) is 0 Å². The number of fused-ring (bicyclic) bond motifs is 4. The number of piperazine rings is 1. The SMILES string of the molecule is CCc1nc(N2CC3CC2CN3)ccc1Nc1ncc(C(F)(F)F)c(-c2cc3c(s2)C2(CC2)OCCS3)n1. The van der Waals surface area contributed by atoms with Gasteiger partial charge in [0, 0.05) is 42.0 Å². The van der Waals surface area contributed by atoms with Crippen molar-refractivity contribution >= 4 is 40.6 Å². The number of aryl methyl sites for hydroxylation is 1. The van der Waals surface area contributed by atoms with Crippen molar-refractivity contribution in [3.05, 3.63) is 40.5 Å². The molecule has 200 valence electrons. The van der Waals surface area contributed by atoms with Crippen LogP contribution in [0.1, 0.15) is 42.3 Å². The monoisotopic (exact) mass is 560 g/mol. The molecule has 7 rings (SSSR count). The van der Waals surface area contributed by atoms with Gasteiger partial charge in [-0.3, -0.25) is 0 Å². The molecule has 0 aromatic carbocycles. The van der Waals surface area contributed by atoms with E-state index in [1.54, 1.807) is 11.8 Å². The van der Waals surface area contributed by atoms with Crippen LogP contribution < -0.4 is 15.5 Å². The van der Waals surface area contributed by atoms with E-state index in [9.17, 15) is 13.2 Å². The number of pyridine rings is 1. The number of aromatic nitrogens is 3. The molecule has 0 radical (unpaired) electrons. The van der Waals surface area contributed by atoms with Crippen LogP contribution in [0.3, 0.4) is 0 Å². The van der Waals surface area contributed by atoms with Crippen molar-refractivity contribution in [2.75, 3.05) is 35.7 Å². The number of nitrogens with one attached hydrogen (secondary N) is 2. The zero-order valence-corrected chi connectivity index (χ0v) is 22.4. The fourth-order valence-electron chi connectivity index (χ4n) is 5.69. The largest absolute Gasteiger partial charge is 0.420 e. The first kappa shape index (κ1) is 24.6. The maximum atomic E-state index is 14.0. The van der Waals surface area contributed by atoms with Gasteiger partial charge in [-0.2, -0.15) is 13.2 Å². The number of thioether (sulfide) groups is 1. The fraction of sp³-hybridized carbons (Fsp3) is 0.500. The second kappa shape index (κ2) is 9.07. The summed E-state index contributed by atoms with van der Waals surface area (Å²) in [5, 5.41) is 6.66. The van der Waals surface area contributed by atoms with Crippen LogP contribution in [-0.2, 0) is 22.9 Å². The Morgan fingerprint density at radius 1 is 1.26 bits per heavy atom. The van der Waals surface area contributed by atoms with Crippen LogP contribution in [0.5, 0.6) is 0 Å². The number of thiophene rings is 1. The number of hydrogen-bond acceptors (Lipinski definition) is 9. The average molecular weight is 561 g/mol. The molecule has 6 heterocycles. The Hall–Kier alpha value is -2.41. The summed E-state index contributed by atoms with van der Waals surface area (Å²) in [4.78, 5) is 18.2. The Balaban J connectivity index is 1.22.